The Balaban J connectivity index is 5.67. The van der Waals surface area contributed by atoms with Crippen molar-refractivity contribution in [1.29, 1.82) is 0 Å². The average molecular weight is 488 g/mol. The van der Waals surface area contributed by atoms with E-state index >= 15 is 0 Å². The molecule has 0 bridgehead atoms. The topological polar surface area (TPSA) is 80.3 Å². The average Bonchev–Trinajstić information content (AvgIpc) is 2.62. The summed E-state index contributed by atoms with van der Waals surface area (Å²) in [6.07, 6.45) is -10.2. The zero-order chi connectivity index (χ0) is 25.8. The van der Waals surface area contributed by atoms with Crippen molar-refractivity contribution >= 4 is 11.9 Å². The van der Waals surface area contributed by atoms with E-state index in [9.17, 15) is 44.7 Å². The van der Waals surface area contributed by atoms with E-state index in [1.807, 2.05) is 0 Å². The van der Waals surface area contributed by atoms with Crippen LogP contribution in [0.3, 0.4) is 0 Å². The van der Waals surface area contributed by atoms with Gasteiger partial charge in [0, 0.05) is 12.2 Å². The minimum absolute atomic E-state index is 0.0356. The Morgan fingerprint density at radius 1 is 0.781 bits per heavy atom. The maximum Gasteiger partial charge on any atom is 0.522 e. The van der Waals surface area contributed by atoms with E-state index in [0.29, 0.717) is 12.2 Å². The highest BCUT2D eigenvalue weighted by atomic mass is 19.3. The van der Waals surface area contributed by atoms with Crippen LogP contribution < -0.4 is 0 Å². The van der Waals surface area contributed by atoms with Crippen LogP contribution in [0.25, 0.3) is 0 Å². The predicted molar refractivity (Wildman–Crippen MR) is 88.6 cm³/mol. The zero-order valence-electron chi connectivity index (χ0n) is 17.2. The second-order valence-electron chi connectivity index (χ2n) is 6.99. The van der Waals surface area contributed by atoms with Gasteiger partial charge in [-0.1, -0.05) is 18.0 Å². The number of rotatable bonds is 13. The van der Waals surface area contributed by atoms with Crippen molar-refractivity contribution in [3.8, 4) is 0 Å². The monoisotopic (exact) mass is 488 g/mol. The summed E-state index contributed by atoms with van der Waals surface area (Å²) in [5, 5.41) is 0. The molecule has 0 aromatic rings. The van der Waals surface area contributed by atoms with Gasteiger partial charge in [-0.15, -0.1) is 8.78 Å². The van der Waals surface area contributed by atoms with Crippen LogP contribution in [0, 0.1) is 0 Å². The lowest BCUT2D eigenvalue weighted by Gasteiger charge is -2.43. The van der Waals surface area contributed by atoms with Crippen molar-refractivity contribution in [2.75, 3.05) is 6.61 Å². The van der Waals surface area contributed by atoms with E-state index in [2.05, 4.69) is 37.1 Å². The van der Waals surface area contributed by atoms with Gasteiger partial charge < -0.3 is 9.47 Å². The Hall–Kier alpha value is -2.26. The van der Waals surface area contributed by atoms with Crippen molar-refractivity contribution < 1.29 is 68.7 Å². The molecule has 0 amide bonds. The molecule has 0 saturated carbocycles. The molecule has 0 aliphatic carbocycles. The molecule has 0 unspecified atom stereocenters. The molecule has 0 radical (unpaired) electrons. The fourth-order valence-corrected chi connectivity index (χ4v) is 1.71. The fourth-order valence-electron chi connectivity index (χ4n) is 1.71. The number of hydrogen-bond donors (Lipinski definition) is 0. The van der Waals surface area contributed by atoms with Gasteiger partial charge in [0.05, 0.1) is 0 Å². The third-order valence-electron chi connectivity index (χ3n) is 3.71. The molecule has 7 nitrogen and oxygen atoms in total. The summed E-state index contributed by atoms with van der Waals surface area (Å²) in [4.78, 5) is 28.2. The molecule has 0 fully saturated rings. The van der Waals surface area contributed by atoms with Crippen LogP contribution in [-0.4, -0.2) is 54.0 Å². The van der Waals surface area contributed by atoms with Gasteiger partial charge in [0.15, 0.2) is 6.61 Å². The van der Waals surface area contributed by atoms with Gasteiger partial charge in [0.25, 0.3) is 0 Å². The van der Waals surface area contributed by atoms with Gasteiger partial charge >= 0.3 is 36.2 Å². The Labute approximate surface area is 176 Å². The summed E-state index contributed by atoms with van der Waals surface area (Å²) in [5.41, 5.74) is -7.28. The number of carbonyl (C=O) groups excluding carboxylic acids is 2. The lowest BCUT2D eigenvalue weighted by Crippen LogP contribution is -2.63. The van der Waals surface area contributed by atoms with Crippen LogP contribution in [0.5, 0.6) is 0 Å². The smallest absolute Gasteiger partial charge is 0.456 e. The molecule has 32 heavy (non-hydrogen) atoms. The molecular weight excluding hydrogens is 468 g/mol. The fraction of sp³-hybridized carbons (Fsp3) is 0.647. The van der Waals surface area contributed by atoms with Gasteiger partial charge in [-0.3, -0.25) is 9.62 Å². The summed E-state index contributed by atoms with van der Waals surface area (Å²) in [7, 11) is 0. The first-order chi connectivity index (χ1) is 14.1. The van der Waals surface area contributed by atoms with Gasteiger partial charge in [-0.05, 0) is 27.7 Å². The number of ether oxygens (including phenoxy) is 3. The van der Waals surface area contributed by atoms with E-state index in [1.165, 1.54) is 0 Å². The van der Waals surface area contributed by atoms with E-state index < -0.39 is 54.0 Å². The molecular formula is C17H20F8O7. The molecule has 0 aliphatic rings. The molecule has 0 atom stereocenters. The Bertz CT molecular complexity index is 720. The van der Waals surface area contributed by atoms with Crippen LogP contribution in [-0.2, 0) is 33.6 Å². The first kappa shape index (κ1) is 29.7. The van der Waals surface area contributed by atoms with Crippen molar-refractivity contribution in [3.05, 3.63) is 25.3 Å². The van der Waals surface area contributed by atoms with E-state index in [1.54, 1.807) is 0 Å². The third kappa shape index (κ3) is 7.13. The summed E-state index contributed by atoms with van der Waals surface area (Å²) in [6, 6.07) is 0. The number of esters is 1. The first-order valence-electron chi connectivity index (χ1n) is 8.30. The van der Waals surface area contributed by atoms with Crippen LogP contribution in [0.2, 0.25) is 0 Å². The first-order valence-corrected chi connectivity index (χ1v) is 8.30. The van der Waals surface area contributed by atoms with Gasteiger partial charge in [-0.25, -0.2) is 9.59 Å². The van der Waals surface area contributed by atoms with E-state index in [4.69, 9.17) is 0 Å². The maximum atomic E-state index is 14.4. The summed E-state index contributed by atoms with van der Waals surface area (Å²) >= 11 is 0. The molecule has 0 aliphatic heterocycles. The van der Waals surface area contributed by atoms with Gasteiger partial charge in [-0.2, -0.15) is 26.3 Å². The van der Waals surface area contributed by atoms with Crippen molar-refractivity contribution in [1.82, 2.24) is 0 Å². The molecule has 0 spiro atoms. The lowest BCUT2D eigenvalue weighted by molar-refractivity contribution is -0.535. The predicted octanol–water partition coefficient (Wildman–Crippen LogP) is 4.38. The SMILES string of the molecule is C=CC(=O)OCC(F)(F)C(C)(C)OC(F)(F)C(F)(F)C(C)(C)OC(F)(F)OOC(=O)C=C. The second-order valence-corrected chi connectivity index (χ2v) is 6.99. The molecule has 0 rings (SSSR count). The summed E-state index contributed by atoms with van der Waals surface area (Å²) in [5.74, 6) is -13.1. The van der Waals surface area contributed by atoms with Crippen molar-refractivity contribution in [2.45, 2.75) is 63.1 Å². The Morgan fingerprint density at radius 2 is 1.25 bits per heavy atom. The minimum Gasteiger partial charge on any atom is -0.456 e. The molecule has 0 aromatic heterocycles. The Morgan fingerprint density at radius 3 is 1.69 bits per heavy atom. The van der Waals surface area contributed by atoms with E-state index in [-0.39, 0.29) is 27.7 Å². The lowest BCUT2D eigenvalue weighted by atomic mass is 9.97. The van der Waals surface area contributed by atoms with Crippen LogP contribution in [0.4, 0.5) is 35.1 Å². The quantitative estimate of drug-likeness (QED) is 0.0951. The van der Waals surface area contributed by atoms with Crippen LogP contribution in [0.15, 0.2) is 25.3 Å². The largest absolute Gasteiger partial charge is 0.522 e. The maximum absolute atomic E-state index is 14.4. The minimum atomic E-state index is -5.85. The van der Waals surface area contributed by atoms with Crippen molar-refractivity contribution in [3.63, 3.8) is 0 Å². The molecule has 0 heterocycles. The van der Waals surface area contributed by atoms with Gasteiger partial charge in [0.1, 0.15) is 11.2 Å². The van der Waals surface area contributed by atoms with Crippen LogP contribution >= 0.6 is 0 Å². The standard InChI is InChI=1S/C17H20F8O7/c1-7-10(26)28-9-14(18,19)12(3,4)30-16(22,23)15(20,21)13(5,6)31-17(24,25)32-29-11(27)8-2/h7-8H,1-2,9H2,3-6H3. The summed E-state index contributed by atoms with van der Waals surface area (Å²) in [6.45, 7) is 4.47. The number of halogens is 8. The number of carbonyl (C=O) groups is 2. The highest BCUT2D eigenvalue weighted by molar-refractivity contribution is 5.81. The molecule has 186 valence electrons. The summed E-state index contributed by atoms with van der Waals surface area (Å²) < 4.78 is 124. The number of hydrogen-bond acceptors (Lipinski definition) is 7. The second kappa shape index (κ2) is 9.70. The normalized spacial score (nSPS) is 14.0. The Kier molecular flexibility index (Phi) is 9.02. The third-order valence-corrected chi connectivity index (χ3v) is 3.71. The van der Waals surface area contributed by atoms with Gasteiger partial charge in [0.2, 0.25) is 0 Å². The molecule has 0 N–H and O–H groups in total. The highest BCUT2D eigenvalue weighted by Gasteiger charge is 2.72. The van der Waals surface area contributed by atoms with Crippen LogP contribution in [0.1, 0.15) is 27.7 Å². The van der Waals surface area contributed by atoms with Crippen molar-refractivity contribution in [2.24, 2.45) is 0 Å². The van der Waals surface area contributed by atoms with E-state index in [0.717, 1.165) is 0 Å². The zero-order valence-corrected chi connectivity index (χ0v) is 17.2. The highest BCUT2D eigenvalue weighted by Crippen LogP contribution is 2.50. The molecule has 15 heteroatoms. The number of alkyl halides is 8. The molecule has 0 aromatic carbocycles. The molecule has 0 saturated heterocycles.